The number of benzene rings is 2. The minimum absolute atomic E-state index is 0.164. The quantitative estimate of drug-likeness (QED) is 0.437. The number of rotatable bonds is 5. The number of fused-ring (bicyclic) bond motifs is 3. The molecule has 1 aliphatic heterocycles. The number of imidazole rings is 1. The zero-order chi connectivity index (χ0) is 22.1. The molecule has 1 amide bonds. The van der Waals surface area contributed by atoms with E-state index in [4.69, 9.17) is 4.74 Å². The van der Waals surface area contributed by atoms with Gasteiger partial charge in [0, 0.05) is 31.9 Å². The van der Waals surface area contributed by atoms with Gasteiger partial charge in [-0.15, -0.1) is 0 Å². The molecular formula is C25H25FN4O2. The fraction of sp³-hybridized carbons (Fsp3) is 0.320. The molecule has 0 unspecified atom stereocenters. The molecule has 1 saturated heterocycles. The topological polar surface area (TPSA) is 60.2 Å². The van der Waals surface area contributed by atoms with E-state index in [-0.39, 0.29) is 11.7 Å². The Hall–Kier alpha value is -3.48. The highest BCUT2D eigenvalue weighted by molar-refractivity contribution is 6.04. The van der Waals surface area contributed by atoms with Crippen LogP contribution in [-0.2, 0) is 11.3 Å². The number of carbonyl (C=O) groups excluding carboxylic acids is 1. The molecule has 5 rings (SSSR count). The summed E-state index contributed by atoms with van der Waals surface area (Å²) in [5.74, 6) is 1.37. The number of pyridine rings is 1. The van der Waals surface area contributed by atoms with Crippen LogP contribution in [-0.4, -0.2) is 38.4 Å². The normalized spacial score (nSPS) is 14.9. The van der Waals surface area contributed by atoms with Gasteiger partial charge in [0.05, 0.1) is 17.4 Å². The van der Waals surface area contributed by atoms with Crippen molar-refractivity contribution in [3.05, 3.63) is 60.7 Å². The molecule has 0 N–H and O–H groups in total. The van der Waals surface area contributed by atoms with Gasteiger partial charge >= 0.3 is 0 Å². The van der Waals surface area contributed by atoms with Gasteiger partial charge in [0.25, 0.3) is 0 Å². The summed E-state index contributed by atoms with van der Waals surface area (Å²) in [5, 5.41) is 1.03. The number of halogens is 1. The molecule has 0 radical (unpaired) electrons. The molecule has 3 heterocycles. The summed E-state index contributed by atoms with van der Waals surface area (Å²) in [4.78, 5) is 22.8. The molecule has 2 aromatic carbocycles. The van der Waals surface area contributed by atoms with Gasteiger partial charge in [0.15, 0.2) is 5.52 Å². The average Bonchev–Trinajstić information content (AvgIpc) is 3.24. The van der Waals surface area contributed by atoms with Gasteiger partial charge in [-0.2, -0.15) is 0 Å². The SMILES string of the molecule is CC(=O)N1CCC(CCn2cnc3c(Oc4ccc(F)cc4)nc4ccccc4c32)CC1. The Balaban J connectivity index is 1.43. The van der Waals surface area contributed by atoms with Crippen LogP contribution in [0.5, 0.6) is 11.6 Å². The third-order valence-corrected chi connectivity index (χ3v) is 6.29. The van der Waals surface area contributed by atoms with Crippen LogP contribution in [0.15, 0.2) is 54.9 Å². The second-order valence-corrected chi connectivity index (χ2v) is 8.36. The minimum atomic E-state index is -0.313. The Morgan fingerprint density at radius 3 is 2.62 bits per heavy atom. The molecule has 4 aromatic rings. The predicted octanol–water partition coefficient (Wildman–Crippen LogP) is 5.16. The number of aryl methyl sites for hydroxylation is 1. The number of nitrogens with zero attached hydrogens (tertiary/aromatic N) is 4. The van der Waals surface area contributed by atoms with Crippen LogP contribution in [0.25, 0.3) is 21.9 Å². The van der Waals surface area contributed by atoms with E-state index < -0.39 is 0 Å². The van der Waals surface area contributed by atoms with Crippen molar-refractivity contribution in [1.29, 1.82) is 0 Å². The van der Waals surface area contributed by atoms with Crippen LogP contribution in [0.3, 0.4) is 0 Å². The molecule has 2 aromatic heterocycles. The maximum atomic E-state index is 13.3. The van der Waals surface area contributed by atoms with Crippen molar-refractivity contribution in [2.45, 2.75) is 32.7 Å². The zero-order valence-electron chi connectivity index (χ0n) is 18.0. The molecule has 1 fully saturated rings. The van der Waals surface area contributed by atoms with E-state index in [0.717, 1.165) is 55.3 Å². The molecule has 0 aliphatic carbocycles. The largest absolute Gasteiger partial charge is 0.437 e. The van der Waals surface area contributed by atoms with Crippen molar-refractivity contribution in [1.82, 2.24) is 19.4 Å². The lowest BCUT2D eigenvalue weighted by molar-refractivity contribution is -0.130. The van der Waals surface area contributed by atoms with Crippen molar-refractivity contribution >= 4 is 27.8 Å². The molecule has 0 saturated carbocycles. The summed E-state index contributed by atoms with van der Waals surface area (Å²) >= 11 is 0. The van der Waals surface area contributed by atoms with Gasteiger partial charge in [-0.1, -0.05) is 18.2 Å². The number of para-hydroxylation sites is 1. The van der Waals surface area contributed by atoms with Crippen LogP contribution in [0.1, 0.15) is 26.2 Å². The standard InChI is InChI=1S/C25H25FN4O2/c1-17(31)29-13-10-18(11-14-29)12-15-30-16-27-23-24(30)21-4-2-3-5-22(21)28-25(23)32-20-8-6-19(26)7-9-20/h2-9,16,18H,10-15H2,1H3. The smallest absolute Gasteiger partial charge is 0.248 e. The summed E-state index contributed by atoms with van der Waals surface area (Å²) in [6.07, 6.45) is 4.95. The fourth-order valence-electron chi connectivity index (χ4n) is 4.47. The monoisotopic (exact) mass is 432 g/mol. The second kappa shape index (κ2) is 8.57. The molecule has 1 aliphatic rings. The van der Waals surface area contributed by atoms with E-state index >= 15 is 0 Å². The number of hydrogen-bond donors (Lipinski definition) is 0. The Kier molecular flexibility index (Phi) is 5.47. The maximum Gasteiger partial charge on any atom is 0.248 e. The van der Waals surface area contributed by atoms with E-state index in [9.17, 15) is 9.18 Å². The van der Waals surface area contributed by atoms with Crippen molar-refractivity contribution < 1.29 is 13.9 Å². The average molecular weight is 432 g/mol. The van der Waals surface area contributed by atoms with Gasteiger partial charge in [-0.05, 0) is 55.5 Å². The first-order chi connectivity index (χ1) is 15.6. The molecule has 7 heteroatoms. The highest BCUT2D eigenvalue weighted by Crippen LogP contribution is 2.33. The summed E-state index contributed by atoms with van der Waals surface area (Å²) in [5.41, 5.74) is 2.52. The number of aromatic nitrogens is 3. The van der Waals surface area contributed by atoms with Gasteiger partial charge in [0.2, 0.25) is 11.8 Å². The second-order valence-electron chi connectivity index (χ2n) is 8.36. The van der Waals surface area contributed by atoms with Gasteiger partial charge in [-0.25, -0.2) is 14.4 Å². The molecule has 164 valence electrons. The summed E-state index contributed by atoms with van der Waals surface area (Å²) in [6, 6.07) is 13.9. The van der Waals surface area contributed by atoms with Crippen molar-refractivity contribution in [2.24, 2.45) is 5.92 Å². The molecular weight excluding hydrogens is 407 g/mol. The Morgan fingerprint density at radius 2 is 1.88 bits per heavy atom. The summed E-state index contributed by atoms with van der Waals surface area (Å²) in [7, 11) is 0. The third kappa shape index (κ3) is 4.02. The van der Waals surface area contributed by atoms with Crippen LogP contribution in [0.4, 0.5) is 4.39 Å². The number of likely N-dealkylation sites (tertiary alicyclic amines) is 1. The van der Waals surface area contributed by atoms with Gasteiger partial charge in [-0.3, -0.25) is 4.79 Å². The minimum Gasteiger partial charge on any atom is -0.437 e. The first-order valence-corrected chi connectivity index (χ1v) is 11.0. The summed E-state index contributed by atoms with van der Waals surface area (Å²) < 4.78 is 21.5. The van der Waals surface area contributed by atoms with Gasteiger partial charge < -0.3 is 14.2 Å². The number of hydrogen-bond acceptors (Lipinski definition) is 4. The highest BCUT2D eigenvalue weighted by atomic mass is 19.1. The number of ether oxygens (including phenoxy) is 1. The van der Waals surface area contributed by atoms with Crippen LogP contribution in [0.2, 0.25) is 0 Å². The first-order valence-electron chi connectivity index (χ1n) is 11.0. The number of carbonyl (C=O) groups is 1. The Labute approximate surface area is 185 Å². The van der Waals surface area contributed by atoms with E-state index in [2.05, 4.69) is 20.6 Å². The van der Waals surface area contributed by atoms with Crippen molar-refractivity contribution in [3.8, 4) is 11.6 Å². The lowest BCUT2D eigenvalue weighted by atomic mass is 9.93. The Bertz CT molecular complexity index is 1260. The van der Waals surface area contributed by atoms with Crippen LogP contribution in [0, 0.1) is 11.7 Å². The number of piperidine rings is 1. The molecule has 32 heavy (non-hydrogen) atoms. The molecule has 0 spiro atoms. The molecule has 0 atom stereocenters. The van der Waals surface area contributed by atoms with Crippen LogP contribution < -0.4 is 4.74 Å². The van der Waals surface area contributed by atoms with Crippen LogP contribution >= 0.6 is 0 Å². The van der Waals surface area contributed by atoms with Gasteiger partial charge in [0.1, 0.15) is 11.6 Å². The van der Waals surface area contributed by atoms with E-state index in [0.29, 0.717) is 23.1 Å². The Morgan fingerprint density at radius 1 is 1.12 bits per heavy atom. The summed E-state index contributed by atoms with van der Waals surface area (Å²) in [6.45, 7) is 4.16. The lowest BCUT2D eigenvalue weighted by Gasteiger charge is -2.31. The van der Waals surface area contributed by atoms with Crippen molar-refractivity contribution in [2.75, 3.05) is 13.1 Å². The predicted molar refractivity (Wildman–Crippen MR) is 121 cm³/mol. The van der Waals surface area contributed by atoms with Crippen molar-refractivity contribution in [3.63, 3.8) is 0 Å². The lowest BCUT2D eigenvalue weighted by Crippen LogP contribution is -2.37. The third-order valence-electron chi connectivity index (χ3n) is 6.29. The van der Waals surface area contributed by atoms with E-state index in [1.54, 1.807) is 19.1 Å². The van der Waals surface area contributed by atoms with E-state index in [1.165, 1.54) is 12.1 Å². The molecule has 6 nitrogen and oxygen atoms in total. The first kappa shape index (κ1) is 20.4. The molecule has 0 bridgehead atoms. The highest BCUT2D eigenvalue weighted by Gasteiger charge is 2.21. The zero-order valence-corrected chi connectivity index (χ0v) is 18.0. The maximum absolute atomic E-state index is 13.3. The fourth-order valence-corrected chi connectivity index (χ4v) is 4.47. The number of amides is 1. The van der Waals surface area contributed by atoms with E-state index in [1.807, 2.05) is 29.4 Å².